The van der Waals surface area contributed by atoms with Crippen LogP contribution in [0.25, 0.3) is 0 Å². The van der Waals surface area contributed by atoms with Crippen LogP contribution in [0.1, 0.15) is 18.9 Å². The molecule has 0 heterocycles. The van der Waals surface area contributed by atoms with Gasteiger partial charge in [0.15, 0.2) is 0 Å². The largest absolute Gasteiger partial charge is 0.481 e. The summed E-state index contributed by atoms with van der Waals surface area (Å²) < 4.78 is 0. The van der Waals surface area contributed by atoms with Crippen LogP contribution >= 0.6 is 11.6 Å². The minimum atomic E-state index is -0.935. The number of carboxylic acids is 1. The van der Waals surface area contributed by atoms with Crippen LogP contribution in [0.15, 0.2) is 18.2 Å². The van der Waals surface area contributed by atoms with Crippen molar-refractivity contribution in [3.8, 4) is 0 Å². The molecule has 0 saturated carbocycles. The summed E-state index contributed by atoms with van der Waals surface area (Å²) in [4.78, 5) is 23.5. The lowest BCUT2D eigenvalue weighted by molar-refractivity contribution is -0.137. The molecule has 1 aromatic carbocycles. The standard InChI is InChI=1S/C13H17ClN2O3/c1-3-9-4-5-10(8-11(9)14)15-13(19)16(2)7-6-12(17)18/h4-5,8H,3,6-7H2,1-2H3,(H,15,19)(H,17,18). The van der Waals surface area contributed by atoms with E-state index in [4.69, 9.17) is 16.7 Å². The third-order valence-corrected chi connectivity index (χ3v) is 3.04. The summed E-state index contributed by atoms with van der Waals surface area (Å²) in [6, 6.07) is 4.95. The quantitative estimate of drug-likeness (QED) is 0.873. The zero-order chi connectivity index (χ0) is 14.4. The normalized spacial score (nSPS) is 10.1. The molecular formula is C13H17ClN2O3. The summed E-state index contributed by atoms with van der Waals surface area (Å²) in [5, 5.41) is 11.8. The third kappa shape index (κ3) is 4.79. The number of nitrogens with zero attached hydrogens (tertiary/aromatic N) is 1. The molecule has 2 N–H and O–H groups in total. The first-order chi connectivity index (χ1) is 8.93. The second-order valence-corrected chi connectivity index (χ2v) is 4.56. The molecule has 0 spiro atoms. The molecule has 0 aliphatic rings. The molecule has 104 valence electrons. The molecule has 0 radical (unpaired) electrons. The molecule has 5 nitrogen and oxygen atoms in total. The van der Waals surface area contributed by atoms with Crippen LogP contribution in [0.4, 0.5) is 10.5 Å². The van der Waals surface area contributed by atoms with E-state index >= 15 is 0 Å². The highest BCUT2D eigenvalue weighted by Crippen LogP contribution is 2.21. The van der Waals surface area contributed by atoms with Gasteiger partial charge in [0.1, 0.15) is 0 Å². The Morgan fingerprint density at radius 3 is 2.63 bits per heavy atom. The molecule has 0 aliphatic carbocycles. The predicted molar refractivity (Wildman–Crippen MR) is 74.7 cm³/mol. The highest BCUT2D eigenvalue weighted by Gasteiger charge is 2.10. The molecule has 2 amide bonds. The fourth-order valence-electron chi connectivity index (χ4n) is 1.50. The zero-order valence-corrected chi connectivity index (χ0v) is 11.7. The van der Waals surface area contributed by atoms with Crippen molar-refractivity contribution < 1.29 is 14.7 Å². The van der Waals surface area contributed by atoms with Gasteiger partial charge in [0.2, 0.25) is 0 Å². The number of urea groups is 1. The van der Waals surface area contributed by atoms with Gasteiger partial charge in [-0.3, -0.25) is 4.79 Å². The van der Waals surface area contributed by atoms with Gasteiger partial charge in [-0.1, -0.05) is 24.6 Å². The van der Waals surface area contributed by atoms with Gasteiger partial charge in [-0.15, -0.1) is 0 Å². The lowest BCUT2D eigenvalue weighted by atomic mass is 10.1. The van der Waals surface area contributed by atoms with Crippen molar-refractivity contribution in [1.29, 1.82) is 0 Å². The molecule has 0 fully saturated rings. The van der Waals surface area contributed by atoms with Crippen LogP contribution in [0.3, 0.4) is 0 Å². The van der Waals surface area contributed by atoms with E-state index in [2.05, 4.69) is 5.32 Å². The summed E-state index contributed by atoms with van der Waals surface area (Å²) in [5.41, 5.74) is 1.60. The van der Waals surface area contributed by atoms with E-state index in [-0.39, 0.29) is 19.0 Å². The summed E-state index contributed by atoms with van der Waals surface area (Å²) >= 11 is 6.05. The van der Waals surface area contributed by atoms with E-state index < -0.39 is 5.97 Å². The van der Waals surface area contributed by atoms with E-state index in [1.807, 2.05) is 13.0 Å². The summed E-state index contributed by atoms with van der Waals surface area (Å²) in [6.07, 6.45) is 0.741. The summed E-state index contributed by atoms with van der Waals surface area (Å²) in [6.45, 7) is 2.15. The van der Waals surface area contributed by atoms with Crippen molar-refractivity contribution in [3.05, 3.63) is 28.8 Å². The van der Waals surface area contributed by atoms with Crippen LogP contribution in [0.5, 0.6) is 0 Å². The Morgan fingerprint density at radius 2 is 2.11 bits per heavy atom. The van der Waals surface area contributed by atoms with Crippen molar-refractivity contribution in [2.45, 2.75) is 19.8 Å². The SMILES string of the molecule is CCc1ccc(NC(=O)N(C)CCC(=O)O)cc1Cl. The van der Waals surface area contributed by atoms with Crippen LogP contribution < -0.4 is 5.32 Å². The molecule has 0 aromatic heterocycles. The highest BCUT2D eigenvalue weighted by molar-refractivity contribution is 6.31. The van der Waals surface area contributed by atoms with E-state index in [1.165, 1.54) is 4.90 Å². The zero-order valence-electron chi connectivity index (χ0n) is 10.9. The summed E-state index contributed by atoms with van der Waals surface area (Å²) in [7, 11) is 1.54. The van der Waals surface area contributed by atoms with Gasteiger partial charge >= 0.3 is 12.0 Å². The number of hydrogen-bond acceptors (Lipinski definition) is 2. The molecule has 0 bridgehead atoms. The Labute approximate surface area is 117 Å². The average molecular weight is 285 g/mol. The highest BCUT2D eigenvalue weighted by atomic mass is 35.5. The van der Waals surface area contributed by atoms with Crippen molar-refractivity contribution in [3.63, 3.8) is 0 Å². The number of aliphatic carboxylic acids is 1. The number of carbonyl (C=O) groups is 2. The van der Waals surface area contributed by atoms with Crippen molar-refractivity contribution in [2.75, 3.05) is 18.9 Å². The van der Waals surface area contributed by atoms with Gasteiger partial charge in [0.25, 0.3) is 0 Å². The van der Waals surface area contributed by atoms with Gasteiger partial charge in [0.05, 0.1) is 6.42 Å². The lowest BCUT2D eigenvalue weighted by Gasteiger charge is -2.17. The third-order valence-electron chi connectivity index (χ3n) is 2.69. The number of carboxylic acid groups (broad SMARTS) is 1. The minimum absolute atomic E-state index is 0.0839. The van der Waals surface area contributed by atoms with E-state index in [0.717, 1.165) is 12.0 Å². The monoisotopic (exact) mass is 284 g/mol. The molecule has 19 heavy (non-hydrogen) atoms. The summed E-state index contributed by atoms with van der Waals surface area (Å²) in [5.74, 6) is -0.935. The number of rotatable bonds is 5. The molecule has 1 aromatic rings. The maximum absolute atomic E-state index is 11.8. The Hall–Kier alpha value is -1.75. The van der Waals surface area contributed by atoms with Gasteiger partial charge < -0.3 is 15.3 Å². The Kier molecular flexibility index (Phi) is 5.63. The van der Waals surface area contributed by atoms with Crippen molar-refractivity contribution in [1.82, 2.24) is 4.90 Å². The van der Waals surface area contributed by atoms with E-state index in [1.54, 1.807) is 19.2 Å². The molecule has 0 unspecified atom stereocenters. The van der Waals surface area contributed by atoms with E-state index in [0.29, 0.717) is 10.7 Å². The minimum Gasteiger partial charge on any atom is -0.481 e. The van der Waals surface area contributed by atoms with Gasteiger partial charge in [-0.25, -0.2) is 4.79 Å². The first kappa shape index (κ1) is 15.3. The van der Waals surface area contributed by atoms with Crippen molar-refractivity contribution in [2.24, 2.45) is 0 Å². The molecular weight excluding hydrogens is 268 g/mol. The molecule has 0 saturated heterocycles. The van der Waals surface area contributed by atoms with Crippen LogP contribution in [0, 0.1) is 0 Å². The Bertz CT molecular complexity index is 477. The van der Waals surface area contributed by atoms with Gasteiger partial charge in [-0.05, 0) is 24.1 Å². The van der Waals surface area contributed by atoms with Gasteiger partial charge in [0, 0.05) is 24.3 Å². The number of benzene rings is 1. The second kappa shape index (κ2) is 6.99. The maximum Gasteiger partial charge on any atom is 0.321 e. The molecule has 0 atom stereocenters. The first-order valence-electron chi connectivity index (χ1n) is 5.96. The van der Waals surface area contributed by atoms with Crippen molar-refractivity contribution >= 4 is 29.3 Å². The van der Waals surface area contributed by atoms with Gasteiger partial charge in [-0.2, -0.15) is 0 Å². The first-order valence-corrected chi connectivity index (χ1v) is 6.34. The number of halogens is 1. The Morgan fingerprint density at radius 1 is 1.42 bits per heavy atom. The number of aryl methyl sites for hydroxylation is 1. The average Bonchev–Trinajstić information content (AvgIpc) is 2.36. The van der Waals surface area contributed by atoms with Crippen LogP contribution in [-0.2, 0) is 11.2 Å². The topological polar surface area (TPSA) is 69.6 Å². The Balaban J connectivity index is 2.61. The molecule has 6 heteroatoms. The second-order valence-electron chi connectivity index (χ2n) is 4.16. The fraction of sp³-hybridized carbons (Fsp3) is 0.385. The number of anilines is 1. The smallest absolute Gasteiger partial charge is 0.321 e. The van der Waals surface area contributed by atoms with E-state index in [9.17, 15) is 9.59 Å². The number of nitrogens with one attached hydrogen (secondary N) is 1. The van der Waals surface area contributed by atoms with Crippen LogP contribution in [0.2, 0.25) is 5.02 Å². The lowest BCUT2D eigenvalue weighted by Crippen LogP contribution is -2.33. The molecule has 1 rings (SSSR count). The van der Waals surface area contributed by atoms with Crippen LogP contribution in [-0.4, -0.2) is 35.6 Å². The fourth-order valence-corrected chi connectivity index (χ4v) is 1.81. The number of amides is 2. The number of carbonyl (C=O) groups excluding carboxylic acids is 1. The maximum atomic E-state index is 11.8. The number of hydrogen-bond donors (Lipinski definition) is 2. The molecule has 0 aliphatic heterocycles. The predicted octanol–water partition coefficient (Wildman–Crippen LogP) is 2.84.